The van der Waals surface area contributed by atoms with Crippen LogP contribution in [0.5, 0.6) is 0 Å². The van der Waals surface area contributed by atoms with Crippen molar-refractivity contribution in [3.63, 3.8) is 0 Å². The lowest BCUT2D eigenvalue weighted by molar-refractivity contribution is -0.145. The predicted octanol–water partition coefficient (Wildman–Crippen LogP) is 1.71. The molecule has 1 saturated carbocycles. The van der Waals surface area contributed by atoms with Gasteiger partial charge in [-0.15, -0.1) is 0 Å². The molecule has 0 N–H and O–H groups in total. The van der Waals surface area contributed by atoms with Crippen molar-refractivity contribution in [3.8, 4) is 0 Å². The van der Waals surface area contributed by atoms with Gasteiger partial charge in [-0.05, 0) is 31.6 Å². The van der Waals surface area contributed by atoms with Crippen LogP contribution in [-0.2, 0) is 14.3 Å². The Morgan fingerprint density at radius 3 is 3.00 bits per heavy atom. The fraction of sp³-hybridized carbons (Fsp3) is 0.818. The van der Waals surface area contributed by atoms with Crippen LogP contribution in [0, 0.1) is 12.8 Å². The Balaban J connectivity index is 1.62. The van der Waals surface area contributed by atoms with Crippen LogP contribution in [0.1, 0.15) is 32.1 Å². The Morgan fingerprint density at radius 2 is 2.29 bits per heavy atom. The zero-order valence-corrected chi connectivity index (χ0v) is 8.41. The molecular formula is C11H17O3. The topological polar surface area (TPSA) is 38.8 Å². The first-order chi connectivity index (χ1) is 6.79. The Kier molecular flexibility index (Phi) is 3.06. The van der Waals surface area contributed by atoms with E-state index < -0.39 is 0 Å². The van der Waals surface area contributed by atoms with Crippen molar-refractivity contribution in [2.75, 3.05) is 6.61 Å². The minimum absolute atomic E-state index is 0.112. The second kappa shape index (κ2) is 4.30. The number of fused-ring (bicyclic) bond motifs is 1. The lowest BCUT2D eigenvalue weighted by Crippen LogP contribution is -2.20. The number of rotatable bonds is 4. The summed E-state index contributed by atoms with van der Waals surface area (Å²) in [6.07, 6.45) is 5.41. The van der Waals surface area contributed by atoms with Gasteiger partial charge in [-0.2, -0.15) is 0 Å². The number of hydrogen-bond donors (Lipinski definition) is 0. The first-order valence-corrected chi connectivity index (χ1v) is 5.40. The molecule has 1 saturated heterocycles. The summed E-state index contributed by atoms with van der Waals surface area (Å²) in [5, 5.41) is 0. The van der Waals surface area contributed by atoms with Crippen LogP contribution in [0.4, 0.5) is 0 Å². The highest BCUT2D eigenvalue weighted by molar-refractivity contribution is 5.69. The van der Waals surface area contributed by atoms with Crippen LogP contribution >= 0.6 is 0 Å². The maximum atomic E-state index is 11.1. The summed E-state index contributed by atoms with van der Waals surface area (Å²) >= 11 is 0. The molecule has 3 unspecified atom stereocenters. The normalized spacial score (nSPS) is 34.8. The largest absolute Gasteiger partial charge is 0.465 e. The lowest BCUT2D eigenvalue weighted by Gasteiger charge is -2.18. The Morgan fingerprint density at radius 1 is 1.43 bits per heavy atom. The minimum atomic E-state index is -0.112. The molecule has 79 valence electrons. The highest BCUT2D eigenvalue weighted by Crippen LogP contribution is 2.39. The van der Waals surface area contributed by atoms with Crippen molar-refractivity contribution in [1.29, 1.82) is 0 Å². The molecule has 0 amide bonds. The molecule has 0 spiro atoms. The Labute approximate surface area is 84.8 Å². The second-order valence-electron chi connectivity index (χ2n) is 4.18. The van der Waals surface area contributed by atoms with Crippen molar-refractivity contribution >= 4 is 5.97 Å². The number of esters is 1. The highest BCUT2D eigenvalue weighted by Gasteiger charge is 2.43. The summed E-state index contributed by atoms with van der Waals surface area (Å²) in [5.41, 5.74) is 0. The first-order valence-electron chi connectivity index (χ1n) is 5.40. The van der Waals surface area contributed by atoms with Crippen LogP contribution in [0.25, 0.3) is 0 Å². The molecule has 3 nitrogen and oxygen atoms in total. The van der Waals surface area contributed by atoms with E-state index in [9.17, 15) is 4.79 Å². The van der Waals surface area contributed by atoms with Crippen molar-refractivity contribution < 1.29 is 14.3 Å². The summed E-state index contributed by atoms with van der Waals surface area (Å²) in [5.74, 6) is 0.409. The molecule has 0 bridgehead atoms. The molecule has 0 aromatic carbocycles. The van der Waals surface area contributed by atoms with Gasteiger partial charge in [0.15, 0.2) is 0 Å². The number of epoxide rings is 1. The van der Waals surface area contributed by atoms with E-state index in [0.29, 0.717) is 37.6 Å². The van der Waals surface area contributed by atoms with Gasteiger partial charge in [0.05, 0.1) is 18.8 Å². The second-order valence-corrected chi connectivity index (χ2v) is 4.18. The van der Waals surface area contributed by atoms with Crippen LogP contribution in [0.15, 0.2) is 0 Å². The Bertz CT molecular complexity index is 215. The van der Waals surface area contributed by atoms with Crippen molar-refractivity contribution in [2.45, 2.75) is 44.3 Å². The fourth-order valence-corrected chi connectivity index (χ4v) is 2.07. The predicted molar refractivity (Wildman–Crippen MR) is 51.6 cm³/mol. The van der Waals surface area contributed by atoms with E-state index in [4.69, 9.17) is 9.47 Å². The average molecular weight is 197 g/mol. The molecule has 3 atom stereocenters. The van der Waals surface area contributed by atoms with Gasteiger partial charge < -0.3 is 9.47 Å². The summed E-state index contributed by atoms with van der Waals surface area (Å²) < 4.78 is 10.6. The van der Waals surface area contributed by atoms with Gasteiger partial charge in [-0.1, -0.05) is 6.92 Å². The first kappa shape index (κ1) is 9.97. The molecule has 1 radical (unpaired) electrons. The monoisotopic (exact) mass is 197 g/mol. The summed E-state index contributed by atoms with van der Waals surface area (Å²) in [6.45, 7) is 4.19. The van der Waals surface area contributed by atoms with E-state index in [-0.39, 0.29) is 5.97 Å². The number of ether oxygens (including phenoxy) is 2. The van der Waals surface area contributed by atoms with Crippen molar-refractivity contribution in [1.82, 2.24) is 0 Å². The summed E-state index contributed by atoms with van der Waals surface area (Å²) in [4.78, 5) is 11.1. The van der Waals surface area contributed by atoms with Crippen LogP contribution in [-0.4, -0.2) is 24.8 Å². The van der Waals surface area contributed by atoms with Crippen molar-refractivity contribution in [3.05, 3.63) is 6.92 Å². The molecule has 1 aliphatic heterocycles. The Hall–Kier alpha value is -0.570. The number of carbonyl (C=O) groups excluding carboxylic acids is 1. The number of hydrogen-bond acceptors (Lipinski definition) is 3. The molecule has 2 aliphatic rings. The van der Waals surface area contributed by atoms with Crippen LogP contribution in [0.3, 0.4) is 0 Å². The maximum absolute atomic E-state index is 11.1. The van der Waals surface area contributed by atoms with E-state index in [1.165, 1.54) is 0 Å². The average Bonchev–Trinajstić information content (AvgIpc) is 2.93. The summed E-state index contributed by atoms with van der Waals surface area (Å²) in [6, 6.07) is 0. The van der Waals surface area contributed by atoms with Gasteiger partial charge in [0, 0.05) is 6.42 Å². The van der Waals surface area contributed by atoms with E-state index in [0.717, 1.165) is 19.3 Å². The van der Waals surface area contributed by atoms with Gasteiger partial charge in [0.25, 0.3) is 0 Å². The molecule has 0 aromatic heterocycles. The minimum Gasteiger partial charge on any atom is -0.465 e. The lowest BCUT2D eigenvalue weighted by atomic mass is 9.90. The molecule has 1 heterocycles. The van der Waals surface area contributed by atoms with Crippen molar-refractivity contribution in [2.24, 2.45) is 5.92 Å². The molecule has 14 heavy (non-hydrogen) atoms. The van der Waals surface area contributed by atoms with Gasteiger partial charge in [0.1, 0.15) is 0 Å². The van der Waals surface area contributed by atoms with Crippen LogP contribution < -0.4 is 0 Å². The zero-order valence-electron chi connectivity index (χ0n) is 8.41. The molecular weight excluding hydrogens is 180 g/mol. The van der Waals surface area contributed by atoms with Gasteiger partial charge in [-0.3, -0.25) is 4.79 Å². The molecule has 2 fully saturated rings. The van der Waals surface area contributed by atoms with E-state index >= 15 is 0 Å². The molecule has 0 aromatic rings. The van der Waals surface area contributed by atoms with E-state index in [1.807, 2.05) is 0 Å². The van der Waals surface area contributed by atoms with E-state index in [1.54, 1.807) is 0 Å². The molecule has 2 rings (SSSR count). The highest BCUT2D eigenvalue weighted by atomic mass is 16.6. The molecule has 3 heteroatoms. The van der Waals surface area contributed by atoms with Crippen LogP contribution in [0.2, 0.25) is 0 Å². The zero-order chi connectivity index (χ0) is 9.97. The standard InChI is InChI=1S/C11H17O3/c1-2-3-11(12)13-7-8-4-5-9-10(6-8)14-9/h8-10H,1-7H2. The quantitative estimate of drug-likeness (QED) is 0.508. The van der Waals surface area contributed by atoms with Gasteiger partial charge in [-0.25, -0.2) is 0 Å². The smallest absolute Gasteiger partial charge is 0.305 e. The van der Waals surface area contributed by atoms with Gasteiger partial charge >= 0.3 is 5.97 Å². The SMILES string of the molecule is [CH2]CCC(=O)OCC1CCC2OC2C1. The van der Waals surface area contributed by atoms with E-state index in [2.05, 4.69) is 6.92 Å². The summed E-state index contributed by atoms with van der Waals surface area (Å²) in [7, 11) is 0. The third kappa shape index (κ3) is 2.47. The third-order valence-electron chi connectivity index (χ3n) is 2.97. The third-order valence-corrected chi connectivity index (χ3v) is 2.97. The van der Waals surface area contributed by atoms with Gasteiger partial charge in [0.2, 0.25) is 0 Å². The number of carbonyl (C=O) groups is 1. The molecule has 1 aliphatic carbocycles. The maximum Gasteiger partial charge on any atom is 0.305 e. The fourth-order valence-electron chi connectivity index (χ4n) is 2.07.